The third-order valence-electron chi connectivity index (χ3n) is 11.7. The molecule has 12 aromatic rings. The molecule has 1 aliphatic heterocycles. The molecule has 0 spiro atoms. The monoisotopic (exact) mass is 707 g/mol. The van der Waals surface area contributed by atoms with Gasteiger partial charge in [-0.2, -0.15) is 0 Å². The Kier molecular flexibility index (Phi) is 5.54. The molecule has 1 N–H and O–H groups in total. The minimum absolute atomic E-state index is 0.762. The van der Waals surface area contributed by atoms with Crippen molar-refractivity contribution in [1.82, 2.24) is 14.5 Å². The number of aromatic nitrogens is 2. The highest BCUT2D eigenvalue weighted by atomic mass is 32.1. The standard InChI is InChI=1S/C49H29N3OS/c1-2-8-32(9-3-1)52-41-12-6-7-28-13-14-31-24-38-37-23-29(16-20-45(37)54-49(38)48(52)47(31)46(28)41)30-15-18-35-34-10-4-5-11-40(34)51(42(35)25-30)33-17-19-43-36(26-33)39-27-50-22-21-44(39)53-43/h1-26,50H,27H2. The van der Waals surface area contributed by atoms with Crippen LogP contribution in [-0.4, -0.2) is 9.13 Å². The van der Waals surface area contributed by atoms with Gasteiger partial charge in [0.15, 0.2) is 0 Å². The molecule has 8 aromatic carbocycles. The number of hydrogen-bond donors (Lipinski definition) is 1. The highest BCUT2D eigenvalue weighted by Crippen LogP contribution is 2.47. The van der Waals surface area contributed by atoms with Crippen LogP contribution in [0.4, 0.5) is 0 Å². The molecular weight excluding hydrogens is 679 g/mol. The Hall–Kier alpha value is -6.82. The van der Waals surface area contributed by atoms with Crippen molar-refractivity contribution in [2.45, 2.75) is 6.54 Å². The first-order valence-electron chi connectivity index (χ1n) is 18.5. The molecule has 5 heterocycles. The first-order valence-corrected chi connectivity index (χ1v) is 19.3. The topological polar surface area (TPSA) is 35.0 Å². The fraction of sp³-hybridized carbons (Fsp3) is 0.0204. The number of para-hydroxylation sites is 2. The lowest BCUT2D eigenvalue weighted by Crippen LogP contribution is -2.08. The average Bonchev–Trinajstić information content (AvgIpc) is 3.98. The maximum absolute atomic E-state index is 6.22. The summed E-state index contributed by atoms with van der Waals surface area (Å²) < 4.78 is 13.8. The van der Waals surface area contributed by atoms with Gasteiger partial charge in [0.2, 0.25) is 0 Å². The Morgan fingerprint density at radius 1 is 0.537 bits per heavy atom. The van der Waals surface area contributed by atoms with Crippen molar-refractivity contribution in [3.8, 4) is 22.5 Å². The number of furan rings is 1. The minimum atomic E-state index is 0.762. The summed E-state index contributed by atoms with van der Waals surface area (Å²) in [6.07, 6.45) is 3.98. The lowest BCUT2D eigenvalue weighted by molar-refractivity contribution is 0.592. The van der Waals surface area contributed by atoms with Gasteiger partial charge in [-0.3, -0.25) is 0 Å². The van der Waals surface area contributed by atoms with Crippen molar-refractivity contribution in [3.63, 3.8) is 0 Å². The second-order valence-corrected chi connectivity index (χ2v) is 15.6. The molecule has 0 saturated heterocycles. The SMILES string of the molecule is C1=Cc2oc3ccc(-n4c5ccccc5c5ccc(-c6ccc7sc8c(cc9ccc%10cccc%11c%10c9c8n%11-c8ccccc8)c7c6)cc54)cc3c2CN1. The van der Waals surface area contributed by atoms with E-state index < -0.39 is 0 Å². The normalized spacial score (nSPS) is 13.2. The number of thiophene rings is 1. The first kappa shape index (κ1) is 28.7. The van der Waals surface area contributed by atoms with E-state index in [1.807, 2.05) is 23.6 Å². The van der Waals surface area contributed by atoms with E-state index >= 15 is 0 Å². The van der Waals surface area contributed by atoms with Crippen molar-refractivity contribution in [3.05, 3.63) is 163 Å². The van der Waals surface area contributed by atoms with Crippen LogP contribution in [0.2, 0.25) is 0 Å². The van der Waals surface area contributed by atoms with Gasteiger partial charge in [0.1, 0.15) is 11.3 Å². The van der Waals surface area contributed by atoms with E-state index in [-0.39, 0.29) is 0 Å². The molecule has 13 rings (SSSR count). The van der Waals surface area contributed by atoms with Gasteiger partial charge in [0, 0.05) is 72.1 Å². The van der Waals surface area contributed by atoms with E-state index in [0.29, 0.717) is 0 Å². The smallest absolute Gasteiger partial charge is 0.135 e. The zero-order valence-electron chi connectivity index (χ0n) is 28.9. The van der Waals surface area contributed by atoms with Gasteiger partial charge in [-0.1, -0.05) is 78.9 Å². The Bertz CT molecular complexity index is 3560. The first-order chi connectivity index (χ1) is 26.8. The molecule has 0 aliphatic carbocycles. The van der Waals surface area contributed by atoms with Gasteiger partial charge >= 0.3 is 0 Å². The largest absolute Gasteiger partial charge is 0.456 e. The maximum atomic E-state index is 6.22. The van der Waals surface area contributed by atoms with Crippen molar-refractivity contribution in [2.75, 3.05) is 0 Å². The van der Waals surface area contributed by atoms with Crippen LogP contribution in [-0.2, 0) is 6.54 Å². The molecule has 0 bridgehead atoms. The third kappa shape index (κ3) is 3.76. The van der Waals surface area contributed by atoms with Crippen LogP contribution in [0.1, 0.15) is 11.3 Å². The predicted molar refractivity (Wildman–Crippen MR) is 228 cm³/mol. The van der Waals surface area contributed by atoms with E-state index in [9.17, 15) is 0 Å². The fourth-order valence-electron chi connectivity index (χ4n) is 9.34. The molecule has 0 fully saturated rings. The Morgan fingerprint density at radius 3 is 2.33 bits per heavy atom. The minimum Gasteiger partial charge on any atom is -0.456 e. The zero-order chi connectivity index (χ0) is 35.1. The van der Waals surface area contributed by atoms with Gasteiger partial charge in [-0.05, 0) is 94.7 Å². The van der Waals surface area contributed by atoms with Gasteiger partial charge in [-0.25, -0.2) is 0 Å². The number of nitrogens with zero attached hydrogens (tertiary/aromatic N) is 2. The van der Waals surface area contributed by atoms with Crippen LogP contribution < -0.4 is 5.32 Å². The summed E-state index contributed by atoms with van der Waals surface area (Å²) in [5, 5.41) is 14.9. The van der Waals surface area contributed by atoms with E-state index in [0.717, 1.165) is 29.0 Å². The van der Waals surface area contributed by atoms with Crippen LogP contribution in [0, 0.1) is 0 Å². The van der Waals surface area contributed by atoms with Gasteiger partial charge in [-0.15, -0.1) is 11.3 Å². The van der Waals surface area contributed by atoms with Gasteiger partial charge < -0.3 is 18.9 Å². The van der Waals surface area contributed by atoms with E-state index in [2.05, 4.69) is 160 Å². The van der Waals surface area contributed by atoms with E-state index in [4.69, 9.17) is 4.42 Å². The quantitative estimate of drug-likeness (QED) is 0.186. The molecule has 0 radical (unpaired) electrons. The maximum Gasteiger partial charge on any atom is 0.135 e. The molecule has 252 valence electrons. The van der Waals surface area contributed by atoms with Crippen LogP contribution in [0.15, 0.2) is 156 Å². The van der Waals surface area contributed by atoms with Crippen molar-refractivity contribution >= 4 is 103 Å². The fourth-order valence-corrected chi connectivity index (χ4v) is 10.5. The summed E-state index contributed by atoms with van der Waals surface area (Å²) in [6, 6.07) is 53.9. The zero-order valence-corrected chi connectivity index (χ0v) is 29.7. The summed E-state index contributed by atoms with van der Waals surface area (Å²) in [5.41, 5.74) is 11.8. The Morgan fingerprint density at radius 2 is 1.37 bits per heavy atom. The number of benzene rings is 8. The van der Waals surface area contributed by atoms with Crippen LogP contribution >= 0.6 is 11.3 Å². The Labute approximate surface area is 312 Å². The molecule has 4 aromatic heterocycles. The van der Waals surface area contributed by atoms with Crippen LogP contribution in [0.5, 0.6) is 0 Å². The second-order valence-electron chi connectivity index (χ2n) is 14.5. The highest BCUT2D eigenvalue weighted by Gasteiger charge is 2.22. The van der Waals surface area contributed by atoms with Crippen molar-refractivity contribution in [2.24, 2.45) is 0 Å². The number of rotatable bonds is 3. The molecule has 5 heteroatoms. The number of fused-ring (bicyclic) bond motifs is 10. The molecule has 0 unspecified atom stereocenters. The lowest BCUT2D eigenvalue weighted by Gasteiger charge is -2.10. The van der Waals surface area contributed by atoms with Crippen molar-refractivity contribution < 1.29 is 4.42 Å². The average molecular weight is 708 g/mol. The molecular formula is C49H29N3OS. The summed E-state index contributed by atoms with van der Waals surface area (Å²) in [6.45, 7) is 0.762. The molecule has 1 aliphatic rings. The molecule has 4 nitrogen and oxygen atoms in total. The van der Waals surface area contributed by atoms with Crippen molar-refractivity contribution in [1.29, 1.82) is 0 Å². The highest BCUT2D eigenvalue weighted by molar-refractivity contribution is 7.26. The van der Waals surface area contributed by atoms with Crippen LogP contribution in [0.25, 0.3) is 114 Å². The molecule has 0 saturated carbocycles. The molecule has 0 atom stereocenters. The molecule has 54 heavy (non-hydrogen) atoms. The second kappa shape index (κ2) is 10.4. The summed E-state index contributed by atoms with van der Waals surface area (Å²) >= 11 is 1.91. The summed E-state index contributed by atoms with van der Waals surface area (Å²) in [7, 11) is 0. The third-order valence-corrected chi connectivity index (χ3v) is 12.9. The molecule has 0 amide bonds. The van der Waals surface area contributed by atoms with Gasteiger partial charge in [0.25, 0.3) is 0 Å². The summed E-state index contributed by atoms with van der Waals surface area (Å²) in [5.74, 6) is 0.939. The number of nitrogens with one attached hydrogen (secondary N) is 1. The Balaban J connectivity index is 1.04. The van der Waals surface area contributed by atoms with E-state index in [1.165, 1.54) is 96.9 Å². The predicted octanol–water partition coefficient (Wildman–Crippen LogP) is 13.3. The summed E-state index contributed by atoms with van der Waals surface area (Å²) in [4.78, 5) is 0. The van der Waals surface area contributed by atoms with Crippen LogP contribution in [0.3, 0.4) is 0 Å². The van der Waals surface area contributed by atoms with Gasteiger partial charge in [0.05, 0.1) is 26.8 Å². The number of hydrogen-bond acceptors (Lipinski definition) is 3. The lowest BCUT2D eigenvalue weighted by atomic mass is 9.98. The van der Waals surface area contributed by atoms with E-state index in [1.54, 1.807) is 0 Å².